The number of hydrogen-bond donors (Lipinski definition) is 3. The van der Waals surface area contributed by atoms with Crippen LogP contribution in [0.2, 0.25) is 0 Å². The number of nitrogens with zero attached hydrogens (tertiary/aromatic N) is 2. The number of hydrogen-bond acceptors (Lipinski definition) is 6. The summed E-state index contributed by atoms with van der Waals surface area (Å²) in [6, 6.07) is 1.77. The fraction of sp³-hybridized carbons (Fsp3) is 0.556. The lowest BCUT2D eigenvalue weighted by atomic mass is 10.1. The van der Waals surface area contributed by atoms with Crippen LogP contribution in [0.25, 0.3) is 0 Å². The number of aliphatic hydroxyl groups is 2. The van der Waals surface area contributed by atoms with Gasteiger partial charge in [-0.15, -0.1) is 12.4 Å². The molecule has 94 valence electrons. The molecular weight excluding hydrogens is 250 g/mol. The molecule has 2 aliphatic heterocycles. The molecule has 1 fully saturated rings. The predicted molar refractivity (Wildman–Crippen MR) is 56.7 cm³/mol. The zero-order chi connectivity index (χ0) is 11.3. The van der Waals surface area contributed by atoms with Crippen molar-refractivity contribution in [2.75, 3.05) is 6.61 Å². The Kier molecular flexibility index (Phi) is 3.09. The molecule has 0 amide bonds. The van der Waals surface area contributed by atoms with Crippen LogP contribution < -0.4 is 10.2 Å². The van der Waals surface area contributed by atoms with Gasteiger partial charge in [-0.2, -0.15) is 4.98 Å². The maximum Gasteiger partial charge on any atom is 0.301 e. The largest absolute Gasteiger partial charge is 0.454 e. The fourth-order valence-electron chi connectivity index (χ4n) is 2.04. The van der Waals surface area contributed by atoms with Crippen molar-refractivity contribution >= 4 is 12.4 Å². The summed E-state index contributed by atoms with van der Waals surface area (Å²) in [5.74, 6) is 0. The highest BCUT2D eigenvalue weighted by Crippen LogP contribution is 2.38. The van der Waals surface area contributed by atoms with Crippen molar-refractivity contribution in [3.05, 3.63) is 17.8 Å². The van der Waals surface area contributed by atoms with E-state index in [4.69, 9.17) is 20.0 Å². The number of rotatable bonds is 1. The molecular formula is C9H12ClN3O4. The van der Waals surface area contributed by atoms with Crippen LogP contribution in [-0.2, 0) is 4.74 Å². The molecule has 0 aromatic carbocycles. The second-order valence-corrected chi connectivity index (χ2v) is 3.82. The fourth-order valence-corrected chi connectivity index (χ4v) is 2.04. The molecule has 1 aromatic heterocycles. The molecule has 3 heterocycles. The van der Waals surface area contributed by atoms with Crippen LogP contribution in [0.4, 0.5) is 0 Å². The average Bonchev–Trinajstić information content (AvgIpc) is 2.75. The van der Waals surface area contributed by atoms with Gasteiger partial charge in [0.05, 0.1) is 6.61 Å². The number of halogens is 1. The Hall–Kier alpha value is -1.15. The summed E-state index contributed by atoms with van der Waals surface area (Å²) in [4.78, 5) is 3.88. The van der Waals surface area contributed by atoms with E-state index >= 15 is 0 Å². The van der Waals surface area contributed by atoms with Gasteiger partial charge in [-0.1, -0.05) is 0 Å². The predicted octanol–water partition coefficient (Wildman–Crippen LogP) is -1.20. The van der Waals surface area contributed by atoms with Gasteiger partial charge in [0, 0.05) is 6.20 Å². The highest BCUT2D eigenvalue weighted by Gasteiger charge is 2.50. The third-order valence-corrected chi connectivity index (χ3v) is 2.84. The Labute approximate surface area is 103 Å². The molecule has 4 atom stereocenters. The van der Waals surface area contributed by atoms with E-state index < -0.39 is 24.5 Å². The Morgan fingerprint density at radius 1 is 1.53 bits per heavy atom. The topological polar surface area (TPSA) is 101 Å². The first-order chi connectivity index (χ1) is 7.70. The van der Waals surface area contributed by atoms with E-state index in [1.54, 1.807) is 10.8 Å². The van der Waals surface area contributed by atoms with Crippen molar-refractivity contribution in [2.24, 2.45) is 0 Å². The summed E-state index contributed by atoms with van der Waals surface area (Å²) in [6.07, 6.45) is -0.930. The van der Waals surface area contributed by atoms with Crippen molar-refractivity contribution in [1.29, 1.82) is 5.41 Å². The first-order valence-corrected chi connectivity index (χ1v) is 4.95. The molecule has 0 unspecified atom stereocenters. The molecule has 0 bridgehead atoms. The lowest BCUT2D eigenvalue weighted by molar-refractivity contribution is -0.0434. The quantitative estimate of drug-likeness (QED) is 0.589. The summed E-state index contributed by atoms with van der Waals surface area (Å²) in [7, 11) is 0. The molecule has 1 saturated heterocycles. The Morgan fingerprint density at radius 3 is 3.00 bits per heavy atom. The van der Waals surface area contributed by atoms with Crippen LogP contribution in [0.5, 0.6) is 6.01 Å². The molecule has 7 nitrogen and oxygen atoms in total. The van der Waals surface area contributed by atoms with E-state index in [9.17, 15) is 5.11 Å². The van der Waals surface area contributed by atoms with E-state index in [0.29, 0.717) is 0 Å². The van der Waals surface area contributed by atoms with Crippen molar-refractivity contribution in [3.63, 3.8) is 0 Å². The molecule has 3 rings (SSSR count). The first-order valence-electron chi connectivity index (χ1n) is 4.95. The van der Waals surface area contributed by atoms with Gasteiger partial charge in [0.1, 0.15) is 12.2 Å². The number of fused-ring (bicyclic) bond motifs is 3. The third kappa shape index (κ3) is 1.71. The van der Waals surface area contributed by atoms with Gasteiger partial charge < -0.3 is 19.7 Å². The van der Waals surface area contributed by atoms with Gasteiger partial charge in [0.2, 0.25) is 0 Å². The van der Waals surface area contributed by atoms with E-state index in [1.807, 2.05) is 0 Å². The van der Waals surface area contributed by atoms with Gasteiger partial charge in [0.15, 0.2) is 17.8 Å². The SMILES string of the molecule is Cl.N=c1ccn2c(n1)O[C@@H]1[C@@H](O)[C@@H](CO)O[C@H]12. The van der Waals surface area contributed by atoms with Crippen molar-refractivity contribution in [2.45, 2.75) is 24.5 Å². The average molecular weight is 262 g/mol. The zero-order valence-corrected chi connectivity index (χ0v) is 9.50. The maximum atomic E-state index is 9.80. The lowest BCUT2D eigenvalue weighted by Crippen LogP contribution is -2.34. The van der Waals surface area contributed by atoms with E-state index in [2.05, 4.69) is 4.98 Å². The van der Waals surface area contributed by atoms with Gasteiger partial charge >= 0.3 is 6.01 Å². The van der Waals surface area contributed by atoms with Crippen LogP contribution >= 0.6 is 12.4 Å². The summed E-state index contributed by atoms with van der Waals surface area (Å²) in [5, 5.41) is 26.1. The molecule has 3 N–H and O–H groups in total. The number of nitrogens with one attached hydrogen (secondary N) is 1. The maximum absolute atomic E-state index is 9.80. The van der Waals surface area contributed by atoms with Crippen LogP contribution in [0, 0.1) is 5.41 Å². The minimum atomic E-state index is -0.883. The molecule has 0 spiro atoms. The Bertz CT molecular complexity index is 480. The molecule has 2 aliphatic rings. The second-order valence-electron chi connectivity index (χ2n) is 3.82. The van der Waals surface area contributed by atoms with E-state index in [-0.39, 0.29) is 30.5 Å². The van der Waals surface area contributed by atoms with Crippen LogP contribution in [0.3, 0.4) is 0 Å². The molecule has 1 aromatic rings. The minimum absolute atomic E-state index is 0. The standard InChI is InChI=1S/C9H11N3O4.ClH/c10-5-1-2-12-8-7(16-9(12)11-5)6(14)4(3-13)15-8;/h1-2,4,6-8,10,13-14H,3H2;1H/t4-,6+,7-,8-;/m1./s1. The molecule has 0 aliphatic carbocycles. The smallest absolute Gasteiger partial charge is 0.301 e. The lowest BCUT2D eigenvalue weighted by Gasteiger charge is -2.14. The van der Waals surface area contributed by atoms with Crippen molar-refractivity contribution < 1.29 is 19.7 Å². The van der Waals surface area contributed by atoms with Gasteiger partial charge in [-0.05, 0) is 6.07 Å². The monoisotopic (exact) mass is 261 g/mol. The molecule has 0 saturated carbocycles. The van der Waals surface area contributed by atoms with Gasteiger partial charge in [-0.3, -0.25) is 9.98 Å². The first kappa shape index (κ1) is 12.3. The van der Waals surface area contributed by atoms with Crippen molar-refractivity contribution in [1.82, 2.24) is 9.55 Å². The zero-order valence-electron chi connectivity index (χ0n) is 8.68. The van der Waals surface area contributed by atoms with E-state index in [0.717, 1.165) is 0 Å². The normalized spacial score (nSPS) is 33.5. The number of ether oxygens (including phenoxy) is 2. The molecule has 17 heavy (non-hydrogen) atoms. The van der Waals surface area contributed by atoms with E-state index in [1.165, 1.54) is 6.07 Å². The summed E-state index contributed by atoms with van der Waals surface area (Å²) in [5.41, 5.74) is 0.0967. The number of aromatic nitrogens is 2. The Balaban J connectivity index is 0.00000108. The third-order valence-electron chi connectivity index (χ3n) is 2.84. The van der Waals surface area contributed by atoms with Gasteiger partial charge in [0.25, 0.3) is 0 Å². The highest BCUT2D eigenvalue weighted by molar-refractivity contribution is 5.85. The second kappa shape index (κ2) is 4.26. The highest BCUT2D eigenvalue weighted by atomic mass is 35.5. The number of aliphatic hydroxyl groups excluding tert-OH is 2. The molecule has 0 radical (unpaired) electrons. The van der Waals surface area contributed by atoms with Gasteiger partial charge in [-0.25, -0.2) is 0 Å². The Morgan fingerprint density at radius 2 is 2.29 bits per heavy atom. The minimum Gasteiger partial charge on any atom is -0.454 e. The van der Waals surface area contributed by atoms with Crippen LogP contribution in [-0.4, -0.2) is 44.7 Å². The summed E-state index contributed by atoms with van der Waals surface area (Å²) >= 11 is 0. The van der Waals surface area contributed by atoms with Crippen molar-refractivity contribution in [3.8, 4) is 6.01 Å². The van der Waals surface area contributed by atoms with Crippen LogP contribution in [0.15, 0.2) is 12.3 Å². The van der Waals surface area contributed by atoms with Crippen LogP contribution in [0.1, 0.15) is 6.23 Å². The molecule has 8 heteroatoms. The summed E-state index contributed by atoms with van der Waals surface area (Å²) < 4.78 is 12.5. The summed E-state index contributed by atoms with van der Waals surface area (Å²) in [6.45, 7) is -0.253.